The van der Waals surface area contributed by atoms with Crippen molar-refractivity contribution >= 4 is 5.91 Å². The Hall–Kier alpha value is -1.47. The highest BCUT2D eigenvalue weighted by Crippen LogP contribution is 2.35. The minimum Gasteiger partial charge on any atom is -0.352 e. The number of benzene rings is 1. The fourth-order valence-corrected chi connectivity index (χ4v) is 5.30. The maximum absolute atomic E-state index is 12.8. The second-order valence-corrected chi connectivity index (χ2v) is 9.04. The number of carbonyl (C=O) groups excluding carboxylic acids is 1. The second-order valence-electron chi connectivity index (χ2n) is 9.04. The number of hydrogen-bond donors (Lipinski definition) is 1. The number of likely N-dealkylation sites (tertiary alicyclic amines) is 1. The van der Waals surface area contributed by atoms with Crippen LogP contribution in [0.25, 0.3) is 0 Å². The summed E-state index contributed by atoms with van der Waals surface area (Å²) in [7, 11) is 0. The van der Waals surface area contributed by atoms with Gasteiger partial charge in [0.25, 0.3) is 0 Å². The Labute approximate surface area is 180 Å². The monoisotopic (exact) mass is 415 g/mol. The molecule has 166 valence electrons. The van der Waals surface area contributed by atoms with Gasteiger partial charge >= 0.3 is 0 Å². The lowest BCUT2D eigenvalue weighted by molar-refractivity contribution is -0.180. The molecule has 30 heavy (non-hydrogen) atoms. The molecule has 0 aromatic heterocycles. The third-order valence-electron chi connectivity index (χ3n) is 7.22. The predicted octanol–water partition coefficient (Wildman–Crippen LogP) is 2.95. The van der Waals surface area contributed by atoms with Gasteiger partial charge in [-0.25, -0.2) is 0 Å². The van der Waals surface area contributed by atoms with E-state index in [-0.39, 0.29) is 17.7 Å². The molecule has 1 N–H and O–H groups in total. The molecule has 2 unspecified atom stereocenters. The van der Waals surface area contributed by atoms with E-state index in [1.807, 2.05) is 0 Å². The van der Waals surface area contributed by atoms with E-state index in [4.69, 9.17) is 9.47 Å². The summed E-state index contributed by atoms with van der Waals surface area (Å²) >= 11 is 0. The van der Waals surface area contributed by atoms with Gasteiger partial charge in [-0.1, -0.05) is 37.3 Å². The highest BCUT2D eigenvalue weighted by molar-refractivity contribution is 5.78. The lowest BCUT2D eigenvalue weighted by Crippen LogP contribution is -2.49. The van der Waals surface area contributed by atoms with Crippen molar-refractivity contribution in [3.8, 4) is 0 Å². The van der Waals surface area contributed by atoms with Crippen LogP contribution in [0.15, 0.2) is 30.3 Å². The molecule has 1 aromatic rings. The van der Waals surface area contributed by atoms with Gasteiger partial charge in [0.1, 0.15) is 0 Å². The van der Waals surface area contributed by atoms with Crippen molar-refractivity contribution in [2.75, 3.05) is 39.4 Å². The number of rotatable bonds is 7. The SMILES string of the molecule is CCN(CC(=O)NC1CCC2(CC1)OCCO2)C1CCN(C(C)c2ccccc2)C1. The zero-order valence-electron chi connectivity index (χ0n) is 18.5. The first-order chi connectivity index (χ1) is 14.6. The lowest BCUT2D eigenvalue weighted by atomic mass is 9.90. The van der Waals surface area contributed by atoms with Crippen molar-refractivity contribution in [2.45, 2.75) is 69.9 Å². The van der Waals surface area contributed by atoms with Crippen LogP contribution in [0.1, 0.15) is 57.6 Å². The van der Waals surface area contributed by atoms with E-state index in [1.165, 1.54) is 5.56 Å². The summed E-state index contributed by atoms with van der Waals surface area (Å²) in [6.07, 6.45) is 4.75. The van der Waals surface area contributed by atoms with Crippen LogP contribution in [-0.4, -0.2) is 73.0 Å². The van der Waals surface area contributed by atoms with E-state index in [1.54, 1.807) is 0 Å². The van der Waals surface area contributed by atoms with E-state index >= 15 is 0 Å². The Morgan fingerprint density at radius 3 is 2.57 bits per heavy atom. The van der Waals surface area contributed by atoms with Gasteiger partial charge in [-0.05, 0) is 38.3 Å². The zero-order valence-corrected chi connectivity index (χ0v) is 18.5. The molecular formula is C24H37N3O3. The van der Waals surface area contributed by atoms with Crippen LogP contribution in [0, 0.1) is 0 Å². The smallest absolute Gasteiger partial charge is 0.234 e. The van der Waals surface area contributed by atoms with Gasteiger partial charge in [-0.2, -0.15) is 0 Å². The number of nitrogens with zero attached hydrogens (tertiary/aromatic N) is 2. The molecular weight excluding hydrogens is 378 g/mol. The molecule has 1 saturated carbocycles. The molecule has 6 nitrogen and oxygen atoms in total. The molecule has 2 saturated heterocycles. The molecule has 0 bridgehead atoms. The number of ether oxygens (including phenoxy) is 2. The average molecular weight is 416 g/mol. The number of likely N-dealkylation sites (N-methyl/N-ethyl adjacent to an activating group) is 1. The highest BCUT2D eigenvalue weighted by Gasteiger charge is 2.40. The summed E-state index contributed by atoms with van der Waals surface area (Å²) in [4.78, 5) is 17.7. The zero-order chi connectivity index (χ0) is 21.0. The van der Waals surface area contributed by atoms with Crippen molar-refractivity contribution in [3.05, 3.63) is 35.9 Å². The van der Waals surface area contributed by atoms with Gasteiger partial charge in [-0.3, -0.25) is 14.6 Å². The minimum absolute atomic E-state index is 0.153. The number of carbonyl (C=O) groups is 1. The van der Waals surface area contributed by atoms with Gasteiger partial charge in [0.05, 0.1) is 19.8 Å². The van der Waals surface area contributed by atoms with Crippen LogP contribution in [0.4, 0.5) is 0 Å². The first kappa shape index (κ1) is 21.8. The number of nitrogens with one attached hydrogen (secondary N) is 1. The summed E-state index contributed by atoms with van der Waals surface area (Å²) in [6.45, 7) is 9.35. The Bertz CT molecular complexity index is 682. The van der Waals surface area contributed by atoms with Gasteiger partial charge in [0, 0.05) is 44.1 Å². The first-order valence-corrected chi connectivity index (χ1v) is 11.7. The van der Waals surface area contributed by atoms with Crippen molar-refractivity contribution in [2.24, 2.45) is 0 Å². The maximum atomic E-state index is 12.8. The third kappa shape index (κ3) is 5.05. The van der Waals surface area contributed by atoms with E-state index in [0.717, 1.165) is 51.7 Å². The van der Waals surface area contributed by atoms with Crippen LogP contribution in [0.3, 0.4) is 0 Å². The minimum atomic E-state index is -0.362. The molecule has 4 rings (SSSR count). The lowest BCUT2D eigenvalue weighted by Gasteiger charge is -2.36. The van der Waals surface area contributed by atoms with Gasteiger partial charge in [0.2, 0.25) is 5.91 Å². The maximum Gasteiger partial charge on any atom is 0.234 e. The molecule has 3 fully saturated rings. The molecule has 2 heterocycles. The van der Waals surface area contributed by atoms with Crippen molar-refractivity contribution in [3.63, 3.8) is 0 Å². The largest absolute Gasteiger partial charge is 0.352 e. The summed E-state index contributed by atoms with van der Waals surface area (Å²) in [5.74, 6) is -0.208. The van der Waals surface area contributed by atoms with Crippen LogP contribution >= 0.6 is 0 Å². The summed E-state index contributed by atoms with van der Waals surface area (Å²) in [5, 5.41) is 3.27. The molecule has 1 amide bonds. The van der Waals surface area contributed by atoms with E-state index in [9.17, 15) is 4.79 Å². The van der Waals surface area contributed by atoms with Crippen molar-refractivity contribution in [1.82, 2.24) is 15.1 Å². The topological polar surface area (TPSA) is 54.0 Å². The van der Waals surface area contributed by atoms with Crippen LogP contribution in [-0.2, 0) is 14.3 Å². The Morgan fingerprint density at radius 1 is 1.20 bits per heavy atom. The molecule has 2 aliphatic heterocycles. The van der Waals surface area contributed by atoms with E-state index < -0.39 is 0 Å². The molecule has 2 atom stereocenters. The highest BCUT2D eigenvalue weighted by atomic mass is 16.7. The molecule has 0 radical (unpaired) electrons. The average Bonchev–Trinajstić information content (AvgIpc) is 3.44. The van der Waals surface area contributed by atoms with E-state index in [0.29, 0.717) is 31.8 Å². The molecule has 1 spiro atoms. The second kappa shape index (κ2) is 9.77. The summed E-state index contributed by atoms with van der Waals surface area (Å²) in [6, 6.07) is 11.8. The Kier molecular flexibility index (Phi) is 7.08. The summed E-state index contributed by atoms with van der Waals surface area (Å²) < 4.78 is 11.6. The van der Waals surface area contributed by atoms with Crippen molar-refractivity contribution in [1.29, 1.82) is 0 Å². The number of amides is 1. The molecule has 6 heteroatoms. The van der Waals surface area contributed by atoms with Crippen molar-refractivity contribution < 1.29 is 14.3 Å². The molecule has 3 aliphatic rings. The molecule has 1 aromatic carbocycles. The fraction of sp³-hybridized carbons (Fsp3) is 0.708. The van der Waals surface area contributed by atoms with Gasteiger partial charge in [-0.15, -0.1) is 0 Å². The Balaban J connectivity index is 1.24. The quantitative estimate of drug-likeness (QED) is 0.742. The standard InChI is InChI=1S/C24H37N3O3/c1-3-26(22-11-14-27(17-22)19(2)20-7-5-4-6-8-20)18-23(28)25-21-9-12-24(13-10-21)29-15-16-30-24/h4-8,19,21-22H,3,9-18H2,1-2H3,(H,25,28). The molecule has 1 aliphatic carbocycles. The predicted molar refractivity (Wildman–Crippen MR) is 117 cm³/mol. The summed E-state index contributed by atoms with van der Waals surface area (Å²) in [5.41, 5.74) is 1.37. The third-order valence-corrected chi connectivity index (χ3v) is 7.22. The normalized spacial score (nSPS) is 25.8. The van der Waals surface area contributed by atoms with Crippen LogP contribution in [0.2, 0.25) is 0 Å². The van der Waals surface area contributed by atoms with Crippen LogP contribution < -0.4 is 5.32 Å². The number of hydrogen-bond acceptors (Lipinski definition) is 5. The Morgan fingerprint density at radius 2 is 1.90 bits per heavy atom. The van der Waals surface area contributed by atoms with Gasteiger partial charge < -0.3 is 14.8 Å². The van der Waals surface area contributed by atoms with Gasteiger partial charge in [0.15, 0.2) is 5.79 Å². The fourth-order valence-electron chi connectivity index (χ4n) is 5.30. The first-order valence-electron chi connectivity index (χ1n) is 11.7. The van der Waals surface area contributed by atoms with E-state index in [2.05, 4.69) is 59.3 Å². The van der Waals surface area contributed by atoms with Crippen LogP contribution in [0.5, 0.6) is 0 Å².